The van der Waals surface area contributed by atoms with Gasteiger partial charge in [0.15, 0.2) is 0 Å². The molecule has 0 bridgehead atoms. The quantitative estimate of drug-likeness (QED) is 0.839. The third-order valence-electron chi connectivity index (χ3n) is 3.43. The summed E-state index contributed by atoms with van der Waals surface area (Å²) in [5.74, 6) is 0. The molecule has 3 heteroatoms. The molecular formula is C14H19N3. The van der Waals surface area contributed by atoms with Crippen LogP contribution in [0.3, 0.4) is 0 Å². The molecule has 0 spiro atoms. The summed E-state index contributed by atoms with van der Waals surface area (Å²) >= 11 is 0. The monoisotopic (exact) mass is 229 g/mol. The van der Waals surface area contributed by atoms with Crippen LogP contribution < -0.4 is 5.32 Å². The molecule has 3 nitrogen and oxygen atoms in total. The van der Waals surface area contributed by atoms with Gasteiger partial charge in [0.1, 0.15) is 0 Å². The summed E-state index contributed by atoms with van der Waals surface area (Å²) in [4.78, 5) is 2.49. The number of nitriles is 1. The standard InChI is InChI=1S/C14H19N3/c1-11-8-16-9-12(2)17(11)10-14-5-3-4-13(6-14)7-15/h3-6,11-12,16H,8-10H2,1-2H3. The maximum absolute atomic E-state index is 8.90. The number of hydrogen-bond donors (Lipinski definition) is 1. The van der Waals surface area contributed by atoms with Gasteiger partial charge < -0.3 is 5.32 Å². The first-order chi connectivity index (χ1) is 8.20. The third-order valence-corrected chi connectivity index (χ3v) is 3.43. The van der Waals surface area contributed by atoms with Gasteiger partial charge in [-0.05, 0) is 31.5 Å². The fourth-order valence-electron chi connectivity index (χ4n) is 2.43. The first-order valence-electron chi connectivity index (χ1n) is 6.16. The molecule has 1 aliphatic rings. The largest absolute Gasteiger partial charge is 0.314 e. The van der Waals surface area contributed by atoms with Crippen LogP contribution in [0, 0.1) is 11.3 Å². The van der Waals surface area contributed by atoms with E-state index < -0.39 is 0 Å². The lowest BCUT2D eigenvalue weighted by atomic mass is 10.1. The van der Waals surface area contributed by atoms with Gasteiger partial charge in [0.2, 0.25) is 0 Å². The Morgan fingerprint density at radius 1 is 1.35 bits per heavy atom. The van der Waals surface area contributed by atoms with E-state index in [0.29, 0.717) is 12.1 Å². The van der Waals surface area contributed by atoms with Crippen molar-refractivity contribution in [2.45, 2.75) is 32.5 Å². The Hall–Kier alpha value is -1.37. The van der Waals surface area contributed by atoms with Crippen LogP contribution in [0.2, 0.25) is 0 Å². The molecule has 1 aromatic rings. The van der Waals surface area contributed by atoms with Gasteiger partial charge >= 0.3 is 0 Å². The van der Waals surface area contributed by atoms with Gasteiger partial charge in [-0.25, -0.2) is 0 Å². The van der Waals surface area contributed by atoms with Crippen molar-refractivity contribution in [2.24, 2.45) is 0 Å². The van der Waals surface area contributed by atoms with E-state index in [2.05, 4.69) is 36.2 Å². The molecule has 1 aliphatic heterocycles. The van der Waals surface area contributed by atoms with E-state index in [-0.39, 0.29) is 0 Å². The molecule has 1 fully saturated rings. The van der Waals surface area contributed by atoms with E-state index in [0.717, 1.165) is 25.2 Å². The molecular weight excluding hydrogens is 210 g/mol. The maximum atomic E-state index is 8.90. The van der Waals surface area contributed by atoms with Crippen molar-refractivity contribution in [2.75, 3.05) is 13.1 Å². The highest BCUT2D eigenvalue weighted by Gasteiger charge is 2.24. The van der Waals surface area contributed by atoms with Gasteiger partial charge in [-0.3, -0.25) is 4.90 Å². The van der Waals surface area contributed by atoms with Gasteiger partial charge in [-0.2, -0.15) is 5.26 Å². The van der Waals surface area contributed by atoms with E-state index in [1.807, 2.05) is 18.2 Å². The SMILES string of the molecule is CC1CNCC(C)N1Cc1cccc(C#N)c1. The lowest BCUT2D eigenvalue weighted by Gasteiger charge is -2.39. The Kier molecular flexibility index (Phi) is 3.78. The summed E-state index contributed by atoms with van der Waals surface area (Å²) in [7, 11) is 0. The van der Waals surface area contributed by atoms with Crippen LogP contribution in [0.25, 0.3) is 0 Å². The lowest BCUT2D eigenvalue weighted by Crippen LogP contribution is -2.54. The summed E-state index contributed by atoms with van der Waals surface area (Å²) in [6.45, 7) is 7.51. The second-order valence-corrected chi connectivity index (χ2v) is 4.84. The predicted molar refractivity (Wildman–Crippen MR) is 68.5 cm³/mol. The zero-order valence-corrected chi connectivity index (χ0v) is 10.5. The van der Waals surface area contributed by atoms with Crippen LogP contribution in [0.4, 0.5) is 0 Å². The van der Waals surface area contributed by atoms with Gasteiger partial charge in [0, 0.05) is 31.7 Å². The average Bonchev–Trinajstić information content (AvgIpc) is 2.34. The van der Waals surface area contributed by atoms with Crippen molar-refractivity contribution in [1.82, 2.24) is 10.2 Å². The summed E-state index contributed by atoms with van der Waals surface area (Å²) in [6, 6.07) is 11.2. The highest BCUT2D eigenvalue weighted by Crippen LogP contribution is 2.15. The van der Waals surface area contributed by atoms with Crippen LogP contribution in [-0.4, -0.2) is 30.1 Å². The molecule has 1 heterocycles. The Bertz CT molecular complexity index is 412. The summed E-state index contributed by atoms with van der Waals surface area (Å²) < 4.78 is 0. The topological polar surface area (TPSA) is 39.1 Å². The molecule has 90 valence electrons. The number of piperazine rings is 1. The minimum Gasteiger partial charge on any atom is -0.314 e. The highest BCUT2D eigenvalue weighted by atomic mass is 15.2. The maximum Gasteiger partial charge on any atom is 0.0991 e. The van der Waals surface area contributed by atoms with Crippen LogP contribution in [-0.2, 0) is 6.54 Å². The lowest BCUT2D eigenvalue weighted by molar-refractivity contribution is 0.109. The van der Waals surface area contributed by atoms with Crippen molar-refractivity contribution < 1.29 is 0 Å². The molecule has 2 rings (SSSR count). The highest BCUT2D eigenvalue weighted by molar-refractivity contribution is 5.32. The predicted octanol–water partition coefficient (Wildman–Crippen LogP) is 1.74. The van der Waals surface area contributed by atoms with E-state index in [4.69, 9.17) is 5.26 Å². The van der Waals surface area contributed by atoms with Gasteiger partial charge in [0.25, 0.3) is 0 Å². The zero-order valence-electron chi connectivity index (χ0n) is 10.5. The summed E-state index contributed by atoms with van der Waals surface area (Å²) in [5, 5.41) is 12.3. The van der Waals surface area contributed by atoms with Crippen molar-refractivity contribution in [3.8, 4) is 6.07 Å². The van der Waals surface area contributed by atoms with Crippen LogP contribution >= 0.6 is 0 Å². The molecule has 1 N–H and O–H groups in total. The second-order valence-electron chi connectivity index (χ2n) is 4.84. The molecule has 2 atom stereocenters. The van der Waals surface area contributed by atoms with Crippen LogP contribution in [0.5, 0.6) is 0 Å². The van der Waals surface area contributed by atoms with Gasteiger partial charge in [-0.1, -0.05) is 12.1 Å². The Labute approximate surface area is 103 Å². The Balaban J connectivity index is 2.11. The molecule has 17 heavy (non-hydrogen) atoms. The average molecular weight is 229 g/mol. The van der Waals surface area contributed by atoms with Gasteiger partial charge in [0.05, 0.1) is 11.6 Å². The zero-order chi connectivity index (χ0) is 12.3. The molecule has 2 unspecified atom stereocenters. The van der Waals surface area contributed by atoms with Gasteiger partial charge in [-0.15, -0.1) is 0 Å². The third kappa shape index (κ3) is 2.85. The number of benzene rings is 1. The Morgan fingerprint density at radius 3 is 2.71 bits per heavy atom. The van der Waals surface area contributed by atoms with Crippen LogP contribution in [0.1, 0.15) is 25.0 Å². The molecule has 0 aromatic heterocycles. The molecule has 1 aromatic carbocycles. The fourth-order valence-corrected chi connectivity index (χ4v) is 2.43. The molecule has 0 amide bonds. The molecule has 0 radical (unpaired) electrons. The number of nitrogens with one attached hydrogen (secondary N) is 1. The molecule has 0 saturated carbocycles. The summed E-state index contributed by atoms with van der Waals surface area (Å²) in [5.41, 5.74) is 1.97. The van der Waals surface area contributed by atoms with E-state index in [1.165, 1.54) is 5.56 Å². The first-order valence-corrected chi connectivity index (χ1v) is 6.16. The minimum atomic E-state index is 0.546. The Morgan fingerprint density at radius 2 is 2.06 bits per heavy atom. The van der Waals surface area contributed by atoms with Crippen LogP contribution in [0.15, 0.2) is 24.3 Å². The molecule has 1 saturated heterocycles. The molecule has 0 aliphatic carbocycles. The van der Waals surface area contributed by atoms with E-state index in [1.54, 1.807) is 0 Å². The van der Waals surface area contributed by atoms with Crippen molar-refractivity contribution in [1.29, 1.82) is 5.26 Å². The van der Waals surface area contributed by atoms with Crippen molar-refractivity contribution >= 4 is 0 Å². The first kappa shape index (κ1) is 12.1. The normalized spacial score (nSPS) is 25.5. The number of nitrogens with zero attached hydrogens (tertiary/aromatic N) is 2. The second kappa shape index (κ2) is 5.31. The fraction of sp³-hybridized carbons (Fsp3) is 0.500. The van der Waals surface area contributed by atoms with Crippen molar-refractivity contribution in [3.05, 3.63) is 35.4 Å². The number of rotatable bonds is 2. The number of hydrogen-bond acceptors (Lipinski definition) is 3. The minimum absolute atomic E-state index is 0.546. The summed E-state index contributed by atoms with van der Waals surface area (Å²) in [6.07, 6.45) is 0. The van der Waals surface area contributed by atoms with E-state index >= 15 is 0 Å². The smallest absolute Gasteiger partial charge is 0.0991 e. The van der Waals surface area contributed by atoms with E-state index in [9.17, 15) is 0 Å². The van der Waals surface area contributed by atoms with Crippen molar-refractivity contribution in [3.63, 3.8) is 0 Å².